The lowest BCUT2D eigenvalue weighted by atomic mass is 10.3. The lowest BCUT2D eigenvalue weighted by Gasteiger charge is -2.00. The van der Waals surface area contributed by atoms with Crippen LogP contribution in [-0.2, 0) is 4.74 Å². The van der Waals surface area contributed by atoms with Crippen molar-refractivity contribution >= 4 is 22.6 Å². The van der Waals surface area contributed by atoms with Crippen molar-refractivity contribution in [1.29, 1.82) is 0 Å². The number of ether oxygens (including phenoxy) is 1. The van der Waals surface area contributed by atoms with Gasteiger partial charge in [-0.05, 0) is 19.1 Å². The Morgan fingerprint density at radius 3 is 3.00 bits per heavy atom. The highest BCUT2D eigenvalue weighted by atomic mass is 16.5. The Hall–Kier alpha value is -2.50. The van der Waals surface area contributed by atoms with Gasteiger partial charge in [-0.25, -0.2) is 9.31 Å². The van der Waals surface area contributed by atoms with E-state index in [0.29, 0.717) is 17.8 Å². The molecule has 0 atom stereocenters. The quantitative estimate of drug-likeness (QED) is 0.636. The van der Waals surface area contributed by atoms with Gasteiger partial charge in [0.25, 0.3) is 0 Å². The Kier molecular flexibility index (Phi) is 2.40. The summed E-state index contributed by atoms with van der Waals surface area (Å²) in [5, 5.41) is 12.3. The molecule has 6 nitrogen and oxygen atoms in total. The largest absolute Gasteiger partial charge is 0.462 e. The second-order valence-electron chi connectivity index (χ2n) is 3.70. The van der Waals surface area contributed by atoms with E-state index in [2.05, 4.69) is 15.3 Å². The average molecular weight is 242 g/mol. The molecule has 3 aromatic rings. The summed E-state index contributed by atoms with van der Waals surface area (Å²) < 4.78 is 6.54. The smallest absolute Gasteiger partial charge is 0.343 e. The van der Waals surface area contributed by atoms with Crippen molar-refractivity contribution < 1.29 is 9.53 Å². The number of rotatable bonds is 2. The van der Waals surface area contributed by atoms with Gasteiger partial charge in [0.15, 0.2) is 5.65 Å². The van der Waals surface area contributed by atoms with E-state index in [1.807, 2.05) is 24.3 Å². The summed E-state index contributed by atoms with van der Waals surface area (Å²) in [6.45, 7) is 2.07. The van der Waals surface area contributed by atoms with Gasteiger partial charge < -0.3 is 4.74 Å². The van der Waals surface area contributed by atoms with Crippen LogP contribution in [0, 0.1) is 0 Å². The van der Waals surface area contributed by atoms with Crippen LogP contribution in [0.25, 0.3) is 16.7 Å². The van der Waals surface area contributed by atoms with Gasteiger partial charge in [0.05, 0.1) is 18.3 Å². The van der Waals surface area contributed by atoms with Gasteiger partial charge in [0.2, 0.25) is 0 Å². The summed E-state index contributed by atoms with van der Waals surface area (Å²) in [5.74, 6) is -0.433. The van der Waals surface area contributed by atoms with Crippen molar-refractivity contribution in [2.24, 2.45) is 0 Å². The van der Waals surface area contributed by atoms with E-state index in [1.54, 1.807) is 11.4 Å². The highest BCUT2D eigenvalue weighted by molar-refractivity contribution is 5.96. The maximum atomic E-state index is 11.7. The number of nitrogens with zero attached hydrogens (tertiary/aromatic N) is 4. The summed E-state index contributed by atoms with van der Waals surface area (Å²) in [6.07, 6.45) is 1.45. The van der Waals surface area contributed by atoms with E-state index >= 15 is 0 Å². The van der Waals surface area contributed by atoms with E-state index in [4.69, 9.17) is 4.74 Å². The molecule has 0 unspecified atom stereocenters. The third-order valence-electron chi connectivity index (χ3n) is 2.60. The molecule has 0 aliphatic heterocycles. The zero-order chi connectivity index (χ0) is 12.5. The fourth-order valence-electron chi connectivity index (χ4n) is 1.80. The van der Waals surface area contributed by atoms with Crippen LogP contribution in [0.5, 0.6) is 0 Å². The van der Waals surface area contributed by atoms with E-state index in [0.717, 1.165) is 11.0 Å². The number of benzene rings is 1. The molecule has 0 spiro atoms. The molecule has 2 heterocycles. The summed E-state index contributed by atoms with van der Waals surface area (Å²) >= 11 is 0. The zero-order valence-corrected chi connectivity index (χ0v) is 9.70. The van der Waals surface area contributed by atoms with Crippen LogP contribution >= 0.6 is 0 Å². The molecule has 0 amide bonds. The lowest BCUT2D eigenvalue weighted by Crippen LogP contribution is -2.05. The number of carbonyl (C=O) groups is 1. The number of esters is 1. The van der Waals surface area contributed by atoms with Gasteiger partial charge >= 0.3 is 5.97 Å². The molecule has 0 bridgehead atoms. The van der Waals surface area contributed by atoms with E-state index in [9.17, 15) is 4.79 Å². The molecule has 0 aliphatic rings. The molecule has 1 aromatic carbocycles. The predicted octanol–water partition coefficient (Wildman–Crippen LogP) is 1.45. The van der Waals surface area contributed by atoms with Crippen molar-refractivity contribution in [1.82, 2.24) is 19.8 Å². The first-order valence-corrected chi connectivity index (χ1v) is 5.57. The standard InChI is InChI=1S/C12H10N4O2/c1-2-18-12(17)8-7-13-16-10-6-4-3-5-9(10)14-15-11(8)16/h3-7H,2H2,1H3. The summed E-state index contributed by atoms with van der Waals surface area (Å²) in [5.41, 5.74) is 2.27. The van der Waals surface area contributed by atoms with E-state index in [1.165, 1.54) is 6.20 Å². The van der Waals surface area contributed by atoms with Crippen LogP contribution in [0.1, 0.15) is 17.3 Å². The summed E-state index contributed by atoms with van der Waals surface area (Å²) in [7, 11) is 0. The van der Waals surface area contributed by atoms with Gasteiger partial charge in [-0.2, -0.15) is 5.10 Å². The SMILES string of the molecule is CCOC(=O)c1cnn2c1nnc1ccccc12. The molecule has 0 saturated carbocycles. The molecular weight excluding hydrogens is 232 g/mol. The van der Waals surface area contributed by atoms with Crippen molar-refractivity contribution in [3.8, 4) is 0 Å². The predicted molar refractivity (Wildman–Crippen MR) is 64.2 cm³/mol. The van der Waals surface area contributed by atoms with Crippen LogP contribution in [0.3, 0.4) is 0 Å². The monoisotopic (exact) mass is 242 g/mol. The van der Waals surface area contributed by atoms with Crippen LogP contribution in [0.4, 0.5) is 0 Å². The Balaban J connectivity index is 2.26. The fraction of sp³-hybridized carbons (Fsp3) is 0.167. The van der Waals surface area contributed by atoms with Gasteiger partial charge in [0.1, 0.15) is 11.1 Å². The minimum atomic E-state index is -0.433. The van der Waals surface area contributed by atoms with Crippen molar-refractivity contribution in [3.63, 3.8) is 0 Å². The topological polar surface area (TPSA) is 69.4 Å². The van der Waals surface area contributed by atoms with Crippen molar-refractivity contribution in [2.45, 2.75) is 6.92 Å². The second kappa shape index (κ2) is 4.06. The van der Waals surface area contributed by atoms with Gasteiger partial charge in [-0.3, -0.25) is 0 Å². The lowest BCUT2D eigenvalue weighted by molar-refractivity contribution is 0.0528. The van der Waals surface area contributed by atoms with Crippen molar-refractivity contribution in [2.75, 3.05) is 6.61 Å². The minimum Gasteiger partial charge on any atom is -0.462 e. The average Bonchev–Trinajstić information content (AvgIpc) is 2.83. The molecular formula is C12H10N4O2. The second-order valence-corrected chi connectivity index (χ2v) is 3.70. The van der Waals surface area contributed by atoms with Crippen LogP contribution < -0.4 is 0 Å². The van der Waals surface area contributed by atoms with E-state index < -0.39 is 5.97 Å². The minimum absolute atomic E-state index is 0.317. The molecule has 2 aromatic heterocycles. The molecule has 0 aliphatic carbocycles. The molecule has 90 valence electrons. The summed E-state index contributed by atoms with van der Waals surface area (Å²) in [6, 6.07) is 7.47. The third kappa shape index (κ3) is 1.50. The maximum absolute atomic E-state index is 11.7. The number of hydrogen-bond acceptors (Lipinski definition) is 5. The number of para-hydroxylation sites is 1. The Morgan fingerprint density at radius 2 is 2.17 bits per heavy atom. The highest BCUT2D eigenvalue weighted by Gasteiger charge is 2.16. The van der Waals surface area contributed by atoms with Crippen LogP contribution in [0.15, 0.2) is 30.5 Å². The molecule has 0 fully saturated rings. The maximum Gasteiger partial charge on any atom is 0.343 e. The molecule has 0 N–H and O–H groups in total. The number of carbonyl (C=O) groups excluding carboxylic acids is 1. The zero-order valence-electron chi connectivity index (χ0n) is 9.70. The van der Waals surface area contributed by atoms with Crippen LogP contribution in [-0.4, -0.2) is 32.4 Å². The molecule has 3 rings (SSSR count). The molecule has 18 heavy (non-hydrogen) atoms. The van der Waals surface area contributed by atoms with Gasteiger partial charge in [0, 0.05) is 0 Å². The number of fused-ring (bicyclic) bond motifs is 3. The fourth-order valence-corrected chi connectivity index (χ4v) is 1.80. The summed E-state index contributed by atoms with van der Waals surface area (Å²) in [4.78, 5) is 11.7. The van der Waals surface area contributed by atoms with Gasteiger partial charge in [-0.1, -0.05) is 12.1 Å². The van der Waals surface area contributed by atoms with Crippen LogP contribution in [0.2, 0.25) is 0 Å². The van der Waals surface area contributed by atoms with Crippen molar-refractivity contribution in [3.05, 3.63) is 36.0 Å². The number of hydrogen-bond donors (Lipinski definition) is 0. The first kappa shape index (κ1) is 10.6. The molecule has 0 saturated heterocycles. The highest BCUT2D eigenvalue weighted by Crippen LogP contribution is 2.15. The normalized spacial score (nSPS) is 10.9. The third-order valence-corrected chi connectivity index (χ3v) is 2.60. The Bertz CT molecular complexity index is 735. The number of aromatic nitrogens is 4. The molecule has 6 heteroatoms. The molecule has 0 radical (unpaired) electrons. The first-order chi connectivity index (χ1) is 8.81. The Morgan fingerprint density at radius 1 is 1.33 bits per heavy atom. The van der Waals surface area contributed by atoms with E-state index in [-0.39, 0.29) is 0 Å². The van der Waals surface area contributed by atoms with Gasteiger partial charge in [-0.15, -0.1) is 10.2 Å². The first-order valence-electron chi connectivity index (χ1n) is 5.57. The Labute approximate surface area is 102 Å².